The summed E-state index contributed by atoms with van der Waals surface area (Å²) in [5.74, 6) is 2.87. The second-order valence-corrected chi connectivity index (χ2v) is 10.2. The van der Waals surface area contributed by atoms with Gasteiger partial charge in [-0.05, 0) is 80.4 Å². The van der Waals surface area contributed by atoms with Gasteiger partial charge >= 0.3 is 0 Å². The number of hydrogen-bond donors (Lipinski definition) is 1. The number of pyridine rings is 1. The second kappa shape index (κ2) is 9.55. The molecule has 5 rings (SSSR count). The zero-order valence-corrected chi connectivity index (χ0v) is 20.2. The normalized spacial score (nSPS) is 24.5. The Labute approximate surface area is 204 Å². The van der Waals surface area contributed by atoms with E-state index in [1.807, 2.05) is 6.07 Å². The summed E-state index contributed by atoms with van der Waals surface area (Å²) in [6, 6.07) is 6.37. The number of amides is 1. The third-order valence-corrected chi connectivity index (χ3v) is 7.86. The lowest BCUT2D eigenvalue weighted by molar-refractivity contribution is -0.113. The summed E-state index contributed by atoms with van der Waals surface area (Å²) in [4.78, 5) is 16.8. The molecule has 1 amide bonds. The van der Waals surface area contributed by atoms with E-state index in [2.05, 4.69) is 28.5 Å². The summed E-state index contributed by atoms with van der Waals surface area (Å²) in [7, 11) is 1.69. The lowest BCUT2D eigenvalue weighted by Crippen LogP contribution is -2.15. The van der Waals surface area contributed by atoms with E-state index in [1.54, 1.807) is 7.11 Å². The number of nitrogens with zero attached hydrogens (tertiary/aromatic N) is 1. The highest BCUT2D eigenvalue weighted by atomic mass is 35.5. The number of benzene rings is 1. The van der Waals surface area contributed by atoms with Crippen molar-refractivity contribution in [2.24, 2.45) is 11.8 Å². The Morgan fingerprint density at radius 1 is 1.09 bits per heavy atom. The van der Waals surface area contributed by atoms with Crippen molar-refractivity contribution in [1.29, 1.82) is 0 Å². The van der Waals surface area contributed by atoms with Crippen molar-refractivity contribution in [2.45, 2.75) is 57.0 Å². The first-order valence-electron chi connectivity index (χ1n) is 11.7. The number of carbonyl (C=O) groups is 1. The molecule has 0 bridgehead atoms. The predicted octanol–water partition coefficient (Wildman–Crippen LogP) is 6.80. The standard InChI is InChI=1S/C26H28Cl2N2O3/c1-32-23-7-6-15(12-24(23)33-20-4-2-3-5-20)16-8-17-10-19(11-18(17)9-16)26(31)30-25-21(27)13-29-14-22(25)28/h6-7,10,12-14,16-18,20H,2-5,8-9,11H2,1H3,(H,29,30,31)/t16-,17+,18-/m0/s1. The zero-order valence-electron chi connectivity index (χ0n) is 18.7. The third kappa shape index (κ3) is 4.71. The third-order valence-electron chi connectivity index (χ3n) is 7.29. The molecule has 0 radical (unpaired) electrons. The topological polar surface area (TPSA) is 60.5 Å². The van der Waals surface area contributed by atoms with Gasteiger partial charge in [-0.15, -0.1) is 0 Å². The van der Waals surface area contributed by atoms with Crippen molar-refractivity contribution >= 4 is 34.8 Å². The lowest BCUT2D eigenvalue weighted by atomic mass is 9.94. The van der Waals surface area contributed by atoms with Gasteiger partial charge in [0.1, 0.15) is 0 Å². The van der Waals surface area contributed by atoms with Crippen LogP contribution >= 0.6 is 23.2 Å². The van der Waals surface area contributed by atoms with Crippen molar-refractivity contribution in [3.8, 4) is 11.5 Å². The van der Waals surface area contributed by atoms with Crippen molar-refractivity contribution in [3.05, 3.63) is 57.9 Å². The zero-order chi connectivity index (χ0) is 22.9. The number of ether oxygens (including phenoxy) is 2. The monoisotopic (exact) mass is 486 g/mol. The second-order valence-electron chi connectivity index (χ2n) is 9.36. The minimum absolute atomic E-state index is 0.132. The van der Waals surface area contributed by atoms with E-state index in [9.17, 15) is 4.79 Å². The quantitative estimate of drug-likeness (QED) is 0.487. The van der Waals surface area contributed by atoms with Gasteiger partial charge in [0, 0.05) is 18.0 Å². The number of hydrogen-bond acceptors (Lipinski definition) is 4. The molecule has 2 fully saturated rings. The Balaban J connectivity index is 1.26. The number of methoxy groups -OCH3 is 1. The Bertz CT molecular complexity index is 1060. The Kier molecular flexibility index (Phi) is 6.53. The van der Waals surface area contributed by atoms with Crippen LogP contribution < -0.4 is 14.8 Å². The molecule has 0 aliphatic heterocycles. The van der Waals surface area contributed by atoms with Gasteiger partial charge in [0.2, 0.25) is 0 Å². The summed E-state index contributed by atoms with van der Waals surface area (Å²) >= 11 is 12.3. The van der Waals surface area contributed by atoms with Crippen LogP contribution in [0.5, 0.6) is 11.5 Å². The molecule has 0 spiro atoms. The minimum atomic E-state index is -0.132. The Morgan fingerprint density at radius 3 is 2.55 bits per heavy atom. The van der Waals surface area contributed by atoms with Gasteiger partial charge in [0.15, 0.2) is 11.5 Å². The molecule has 5 nitrogen and oxygen atoms in total. The average Bonchev–Trinajstić information content (AvgIpc) is 3.53. The molecule has 1 heterocycles. The summed E-state index contributed by atoms with van der Waals surface area (Å²) in [5, 5.41) is 3.54. The van der Waals surface area contributed by atoms with Crippen LogP contribution in [-0.4, -0.2) is 24.1 Å². The van der Waals surface area contributed by atoms with E-state index in [1.165, 1.54) is 30.8 Å². The molecule has 1 aromatic carbocycles. The van der Waals surface area contributed by atoms with Crippen LogP contribution in [0.1, 0.15) is 56.4 Å². The predicted molar refractivity (Wildman–Crippen MR) is 130 cm³/mol. The fourth-order valence-corrected chi connectivity index (χ4v) is 6.05. The van der Waals surface area contributed by atoms with Crippen LogP contribution in [0, 0.1) is 11.8 Å². The molecule has 33 heavy (non-hydrogen) atoms. The van der Waals surface area contributed by atoms with E-state index in [-0.39, 0.29) is 5.91 Å². The summed E-state index contributed by atoms with van der Waals surface area (Å²) < 4.78 is 11.9. The first-order chi connectivity index (χ1) is 16.0. The minimum Gasteiger partial charge on any atom is -0.493 e. The average molecular weight is 487 g/mol. The molecule has 1 N–H and O–H groups in total. The SMILES string of the molecule is COc1ccc([C@@H]2C[C@H]3CC(C(=O)Nc4c(Cl)cncc4Cl)=C[C@H]3C2)cc1OC1CCCC1. The number of anilines is 1. The molecule has 174 valence electrons. The van der Waals surface area contributed by atoms with Crippen molar-refractivity contribution in [1.82, 2.24) is 4.98 Å². The molecule has 3 aliphatic rings. The smallest absolute Gasteiger partial charge is 0.251 e. The van der Waals surface area contributed by atoms with Gasteiger partial charge < -0.3 is 14.8 Å². The number of allylic oxidation sites excluding steroid dienone is 1. The highest BCUT2D eigenvalue weighted by Gasteiger charge is 2.39. The van der Waals surface area contributed by atoms with Crippen LogP contribution in [-0.2, 0) is 4.79 Å². The molecule has 3 aliphatic carbocycles. The largest absolute Gasteiger partial charge is 0.493 e. The summed E-state index contributed by atoms with van der Waals surface area (Å²) in [6.45, 7) is 0. The number of carbonyl (C=O) groups excluding carboxylic acids is 1. The molecule has 0 saturated heterocycles. The van der Waals surface area contributed by atoms with Gasteiger partial charge in [-0.3, -0.25) is 9.78 Å². The maximum atomic E-state index is 12.8. The Morgan fingerprint density at radius 2 is 1.85 bits per heavy atom. The van der Waals surface area contributed by atoms with E-state index >= 15 is 0 Å². The molecule has 3 atom stereocenters. The van der Waals surface area contributed by atoms with Crippen LogP contribution in [0.2, 0.25) is 10.0 Å². The number of nitrogens with one attached hydrogen (secondary N) is 1. The Hall–Kier alpha value is -2.24. The summed E-state index contributed by atoms with van der Waals surface area (Å²) in [6.07, 6.45) is 13.0. The maximum Gasteiger partial charge on any atom is 0.251 e. The van der Waals surface area contributed by atoms with E-state index in [0.717, 1.165) is 49.2 Å². The number of halogens is 2. The van der Waals surface area contributed by atoms with E-state index in [0.29, 0.717) is 39.6 Å². The van der Waals surface area contributed by atoms with Gasteiger partial charge in [-0.25, -0.2) is 0 Å². The van der Waals surface area contributed by atoms with Gasteiger partial charge in [0.05, 0.1) is 28.9 Å². The number of fused-ring (bicyclic) bond motifs is 1. The molecule has 7 heteroatoms. The first-order valence-corrected chi connectivity index (χ1v) is 12.4. The summed E-state index contributed by atoms with van der Waals surface area (Å²) in [5.41, 5.74) is 2.53. The molecule has 2 saturated carbocycles. The van der Waals surface area contributed by atoms with Crippen LogP contribution in [0.25, 0.3) is 0 Å². The van der Waals surface area contributed by atoms with Crippen molar-refractivity contribution in [2.75, 3.05) is 12.4 Å². The molecular weight excluding hydrogens is 459 g/mol. The van der Waals surface area contributed by atoms with E-state index < -0.39 is 0 Å². The fourth-order valence-electron chi connectivity index (χ4n) is 5.60. The number of aromatic nitrogens is 1. The van der Waals surface area contributed by atoms with Gasteiger partial charge in [-0.1, -0.05) is 35.3 Å². The van der Waals surface area contributed by atoms with Crippen LogP contribution in [0.4, 0.5) is 5.69 Å². The molecular formula is C26H28Cl2N2O3. The van der Waals surface area contributed by atoms with Gasteiger partial charge in [0.25, 0.3) is 5.91 Å². The fraction of sp³-hybridized carbons (Fsp3) is 0.462. The molecule has 2 aromatic rings. The van der Waals surface area contributed by atoms with E-state index in [4.69, 9.17) is 32.7 Å². The molecule has 1 aromatic heterocycles. The number of rotatable bonds is 6. The van der Waals surface area contributed by atoms with Crippen molar-refractivity contribution < 1.29 is 14.3 Å². The van der Waals surface area contributed by atoms with Gasteiger partial charge in [-0.2, -0.15) is 0 Å². The lowest BCUT2D eigenvalue weighted by Gasteiger charge is -2.19. The molecule has 0 unspecified atom stereocenters. The van der Waals surface area contributed by atoms with Crippen molar-refractivity contribution in [3.63, 3.8) is 0 Å². The first kappa shape index (κ1) is 22.5. The maximum absolute atomic E-state index is 12.8. The highest BCUT2D eigenvalue weighted by molar-refractivity contribution is 6.39. The van der Waals surface area contributed by atoms with Crippen LogP contribution in [0.3, 0.4) is 0 Å². The highest BCUT2D eigenvalue weighted by Crippen LogP contribution is 2.50. The van der Waals surface area contributed by atoms with Crippen LogP contribution in [0.15, 0.2) is 42.2 Å².